The SMILES string of the molecule is CC[C@@H](N)c1ccc2ccc3cccc4ccc1c2c34. The van der Waals surface area contributed by atoms with E-state index in [1.807, 2.05) is 0 Å². The number of rotatable bonds is 2. The van der Waals surface area contributed by atoms with Gasteiger partial charge in [-0.1, -0.05) is 61.5 Å². The van der Waals surface area contributed by atoms with E-state index in [0.717, 1.165) is 6.42 Å². The zero-order valence-electron chi connectivity index (χ0n) is 11.6. The highest BCUT2D eigenvalue weighted by atomic mass is 14.6. The molecule has 0 aliphatic heterocycles. The second-order valence-corrected chi connectivity index (χ2v) is 5.53. The van der Waals surface area contributed by atoms with Crippen LogP contribution in [0.4, 0.5) is 0 Å². The molecule has 20 heavy (non-hydrogen) atoms. The van der Waals surface area contributed by atoms with Crippen LogP contribution in [0.25, 0.3) is 32.3 Å². The highest BCUT2D eigenvalue weighted by Crippen LogP contribution is 2.37. The number of hydrogen-bond acceptors (Lipinski definition) is 1. The molecule has 0 heterocycles. The first-order chi connectivity index (χ1) is 9.79. The van der Waals surface area contributed by atoms with Crippen molar-refractivity contribution in [2.75, 3.05) is 0 Å². The van der Waals surface area contributed by atoms with Gasteiger partial charge in [-0.05, 0) is 44.3 Å². The summed E-state index contributed by atoms with van der Waals surface area (Å²) in [7, 11) is 0. The number of benzene rings is 4. The van der Waals surface area contributed by atoms with Gasteiger partial charge in [-0.3, -0.25) is 0 Å². The third kappa shape index (κ3) is 1.47. The first-order valence-corrected chi connectivity index (χ1v) is 7.21. The number of hydrogen-bond donors (Lipinski definition) is 1. The number of nitrogens with two attached hydrogens (primary N) is 1. The van der Waals surface area contributed by atoms with Crippen LogP contribution in [0, 0.1) is 0 Å². The Morgan fingerprint density at radius 2 is 1.40 bits per heavy atom. The van der Waals surface area contributed by atoms with Crippen LogP contribution in [0.1, 0.15) is 24.9 Å². The molecule has 0 radical (unpaired) electrons. The predicted octanol–water partition coefficient (Wildman–Crippen LogP) is 4.99. The third-order valence-electron chi connectivity index (χ3n) is 4.40. The summed E-state index contributed by atoms with van der Waals surface area (Å²) < 4.78 is 0. The first kappa shape index (κ1) is 11.7. The van der Waals surface area contributed by atoms with Crippen molar-refractivity contribution in [1.82, 2.24) is 0 Å². The first-order valence-electron chi connectivity index (χ1n) is 7.21. The smallest absolute Gasteiger partial charge is 0.0298 e. The molecule has 0 aliphatic rings. The molecule has 0 aromatic heterocycles. The third-order valence-corrected chi connectivity index (χ3v) is 4.40. The summed E-state index contributed by atoms with van der Waals surface area (Å²) in [5.41, 5.74) is 7.55. The van der Waals surface area contributed by atoms with Gasteiger partial charge in [-0.25, -0.2) is 0 Å². The molecule has 0 unspecified atom stereocenters. The van der Waals surface area contributed by atoms with Crippen LogP contribution in [0.2, 0.25) is 0 Å². The fourth-order valence-electron chi connectivity index (χ4n) is 3.30. The molecule has 0 saturated heterocycles. The fraction of sp³-hybridized carbons (Fsp3) is 0.158. The monoisotopic (exact) mass is 259 g/mol. The van der Waals surface area contributed by atoms with Crippen molar-refractivity contribution >= 4 is 32.3 Å². The molecule has 0 aliphatic carbocycles. The Kier molecular flexibility index (Phi) is 2.45. The molecule has 1 nitrogen and oxygen atoms in total. The molecule has 4 aromatic carbocycles. The Hall–Kier alpha value is -2.12. The van der Waals surface area contributed by atoms with E-state index in [4.69, 9.17) is 5.73 Å². The van der Waals surface area contributed by atoms with Gasteiger partial charge >= 0.3 is 0 Å². The molecule has 0 amide bonds. The zero-order valence-corrected chi connectivity index (χ0v) is 11.6. The standard InChI is InChI=1S/C19H17N/c1-2-17(20)15-10-8-14-7-6-12-4-3-5-13-9-11-16(15)19(14)18(12)13/h3-11,17H,2,20H2,1H3/t17-/m1/s1. The summed E-state index contributed by atoms with van der Waals surface area (Å²) in [6, 6.07) is 19.9. The van der Waals surface area contributed by atoms with Gasteiger partial charge in [-0.2, -0.15) is 0 Å². The van der Waals surface area contributed by atoms with Crippen molar-refractivity contribution in [1.29, 1.82) is 0 Å². The maximum atomic E-state index is 6.29. The molecule has 1 heteroatoms. The average Bonchev–Trinajstić information content (AvgIpc) is 2.51. The molecule has 0 fully saturated rings. The Labute approximate surface area is 118 Å². The van der Waals surface area contributed by atoms with Crippen molar-refractivity contribution in [2.45, 2.75) is 19.4 Å². The lowest BCUT2D eigenvalue weighted by Gasteiger charge is -2.17. The van der Waals surface area contributed by atoms with Gasteiger partial charge in [-0.15, -0.1) is 0 Å². The van der Waals surface area contributed by atoms with E-state index in [-0.39, 0.29) is 6.04 Å². The molecular weight excluding hydrogens is 242 g/mol. The van der Waals surface area contributed by atoms with Gasteiger partial charge in [0.1, 0.15) is 0 Å². The minimum Gasteiger partial charge on any atom is -0.324 e. The van der Waals surface area contributed by atoms with E-state index >= 15 is 0 Å². The minimum atomic E-state index is 0.111. The van der Waals surface area contributed by atoms with Crippen LogP contribution >= 0.6 is 0 Å². The van der Waals surface area contributed by atoms with Gasteiger partial charge in [0.25, 0.3) is 0 Å². The normalized spacial score (nSPS) is 13.5. The highest BCUT2D eigenvalue weighted by molar-refractivity contribution is 6.23. The summed E-state index contributed by atoms with van der Waals surface area (Å²) in [5, 5.41) is 7.96. The van der Waals surface area contributed by atoms with E-state index < -0.39 is 0 Å². The van der Waals surface area contributed by atoms with Crippen LogP contribution in [-0.2, 0) is 0 Å². The maximum absolute atomic E-state index is 6.29. The second-order valence-electron chi connectivity index (χ2n) is 5.53. The molecule has 2 N–H and O–H groups in total. The summed E-state index contributed by atoms with van der Waals surface area (Å²) >= 11 is 0. The van der Waals surface area contributed by atoms with Crippen molar-refractivity contribution in [3.8, 4) is 0 Å². The van der Waals surface area contributed by atoms with Crippen LogP contribution in [0.3, 0.4) is 0 Å². The lowest BCUT2D eigenvalue weighted by Crippen LogP contribution is -2.09. The fourth-order valence-corrected chi connectivity index (χ4v) is 3.30. The molecule has 0 saturated carbocycles. The molecule has 4 rings (SSSR count). The van der Waals surface area contributed by atoms with Crippen molar-refractivity contribution in [3.63, 3.8) is 0 Å². The molecule has 4 aromatic rings. The summed E-state index contributed by atoms with van der Waals surface area (Å²) in [4.78, 5) is 0. The van der Waals surface area contributed by atoms with Crippen molar-refractivity contribution < 1.29 is 0 Å². The molecule has 0 bridgehead atoms. The summed E-state index contributed by atoms with van der Waals surface area (Å²) in [6.45, 7) is 2.14. The Morgan fingerprint density at radius 1 is 0.800 bits per heavy atom. The van der Waals surface area contributed by atoms with E-state index in [9.17, 15) is 0 Å². The van der Waals surface area contributed by atoms with Crippen molar-refractivity contribution in [2.24, 2.45) is 5.73 Å². The Morgan fingerprint density at radius 3 is 2.10 bits per heavy atom. The summed E-state index contributed by atoms with van der Waals surface area (Å²) in [5.74, 6) is 0. The maximum Gasteiger partial charge on any atom is 0.0298 e. The zero-order chi connectivity index (χ0) is 13.7. The lowest BCUT2D eigenvalue weighted by molar-refractivity contribution is 0.704. The predicted molar refractivity (Wildman–Crippen MR) is 87.4 cm³/mol. The largest absolute Gasteiger partial charge is 0.324 e. The van der Waals surface area contributed by atoms with Crippen LogP contribution in [0.5, 0.6) is 0 Å². The van der Waals surface area contributed by atoms with Crippen LogP contribution in [-0.4, -0.2) is 0 Å². The highest BCUT2D eigenvalue weighted by Gasteiger charge is 2.13. The quantitative estimate of drug-likeness (QED) is 0.504. The van der Waals surface area contributed by atoms with Crippen LogP contribution in [0.15, 0.2) is 54.6 Å². The molecule has 1 atom stereocenters. The van der Waals surface area contributed by atoms with E-state index in [1.54, 1.807) is 0 Å². The van der Waals surface area contributed by atoms with E-state index in [0.29, 0.717) is 0 Å². The molecular formula is C19H17N. The van der Waals surface area contributed by atoms with Gasteiger partial charge < -0.3 is 5.73 Å². The van der Waals surface area contributed by atoms with Crippen molar-refractivity contribution in [3.05, 3.63) is 60.2 Å². The topological polar surface area (TPSA) is 26.0 Å². The van der Waals surface area contributed by atoms with Gasteiger partial charge in [0.15, 0.2) is 0 Å². The molecule has 98 valence electrons. The minimum absolute atomic E-state index is 0.111. The van der Waals surface area contributed by atoms with Gasteiger partial charge in [0, 0.05) is 6.04 Å². The van der Waals surface area contributed by atoms with Gasteiger partial charge in [0.2, 0.25) is 0 Å². The average molecular weight is 259 g/mol. The second kappa shape index (κ2) is 4.19. The Bertz CT molecular complexity index is 892. The lowest BCUT2D eigenvalue weighted by atomic mass is 9.89. The van der Waals surface area contributed by atoms with Crippen LogP contribution < -0.4 is 5.73 Å². The summed E-state index contributed by atoms with van der Waals surface area (Å²) in [6.07, 6.45) is 0.962. The van der Waals surface area contributed by atoms with Gasteiger partial charge in [0.05, 0.1) is 0 Å². The molecule has 0 spiro atoms. The van der Waals surface area contributed by atoms with E-state index in [2.05, 4.69) is 61.5 Å². The van der Waals surface area contributed by atoms with E-state index in [1.165, 1.54) is 37.9 Å². The Balaban J connectivity index is 2.26.